The predicted octanol–water partition coefficient (Wildman–Crippen LogP) is 2.36. The number of hydrogen-bond acceptors (Lipinski definition) is 5. The Morgan fingerprint density at radius 3 is 2.82 bits per heavy atom. The standard InChI is InChI=1S/C17H24N2O3/c1-2-22-17(20)14-12-16(19-8-4-3-5-9-19)18-15-7-11-21-10-6-13(14)15/h12H,2-11H2,1H3. The third-order valence-electron chi connectivity index (χ3n) is 4.35. The largest absolute Gasteiger partial charge is 0.462 e. The van der Waals surface area contributed by atoms with Gasteiger partial charge >= 0.3 is 5.97 Å². The second-order valence-corrected chi connectivity index (χ2v) is 5.83. The summed E-state index contributed by atoms with van der Waals surface area (Å²) in [7, 11) is 0. The predicted molar refractivity (Wildman–Crippen MR) is 84.5 cm³/mol. The van der Waals surface area contributed by atoms with Gasteiger partial charge in [0.05, 0.1) is 25.4 Å². The van der Waals surface area contributed by atoms with E-state index in [1.807, 2.05) is 13.0 Å². The molecule has 0 spiro atoms. The molecule has 1 aromatic heterocycles. The third-order valence-corrected chi connectivity index (χ3v) is 4.35. The fraction of sp³-hybridized carbons (Fsp3) is 0.647. The van der Waals surface area contributed by atoms with Crippen LogP contribution in [-0.4, -0.2) is 43.9 Å². The van der Waals surface area contributed by atoms with Crippen molar-refractivity contribution in [3.8, 4) is 0 Å². The maximum atomic E-state index is 12.4. The number of fused-ring (bicyclic) bond motifs is 1. The number of carbonyl (C=O) groups is 1. The van der Waals surface area contributed by atoms with Crippen LogP contribution >= 0.6 is 0 Å². The first-order valence-electron chi connectivity index (χ1n) is 8.32. The smallest absolute Gasteiger partial charge is 0.338 e. The molecule has 5 nitrogen and oxygen atoms in total. The molecule has 0 amide bonds. The van der Waals surface area contributed by atoms with Crippen LogP contribution in [0.25, 0.3) is 0 Å². The number of pyridine rings is 1. The van der Waals surface area contributed by atoms with Gasteiger partial charge in [-0.1, -0.05) is 0 Å². The molecule has 0 N–H and O–H groups in total. The summed E-state index contributed by atoms with van der Waals surface area (Å²) >= 11 is 0. The fourth-order valence-electron chi connectivity index (χ4n) is 3.22. The first-order valence-corrected chi connectivity index (χ1v) is 8.32. The van der Waals surface area contributed by atoms with Gasteiger partial charge in [0.25, 0.3) is 0 Å². The highest BCUT2D eigenvalue weighted by Crippen LogP contribution is 2.26. The summed E-state index contributed by atoms with van der Waals surface area (Å²) in [5, 5.41) is 0. The van der Waals surface area contributed by atoms with Crippen molar-refractivity contribution in [3.63, 3.8) is 0 Å². The van der Waals surface area contributed by atoms with E-state index in [1.54, 1.807) is 0 Å². The van der Waals surface area contributed by atoms with Crippen LogP contribution < -0.4 is 4.90 Å². The van der Waals surface area contributed by atoms with Gasteiger partial charge in [-0.05, 0) is 44.2 Å². The first kappa shape index (κ1) is 15.3. The molecule has 0 aliphatic carbocycles. The summed E-state index contributed by atoms with van der Waals surface area (Å²) in [4.78, 5) is 19.5. The highest BCUT2D eigenvalue weighted by Gasteiger charge is 2.23. The maximum absolute atomic E-state index is 12.4. The van der Waals surface area contributed by atoms with Gasteiger partial charge in [0, 0.05) is 25.2 Å². The molecule has 1 fully saturated rings. The van der Waals surface area contributed by atoms with Gasteiger partial charge in [0.15, 0.2) is 0 Å². The van der Waals surface area contributed by atoms with E-state index in [9.17, 15) is 4.79 Å². The summed E-state index contributed by atoms with van der Waals surface area (Å²) in [6.45, 7) is 5.59. The van der Waals surface area contributed by atoms with E-state index >= 15 is 0 Å². The lowest BCUT2D eigenvalue weighted by atomic mass is 10.0. The van der Waals surface area contributed by atoms with Crippen molar-refractivity contribution in [2.24, 2.45) is 0 Å². The van der Waals surface area contributed by atoms with Crippen LogP contribution in [-0.2, 0) is 22.3 Å². The van der Waals surface area contributed by atoms with Crippen molar-refractivity contribution in [1.29, 1.82) is 0 Å². The molecule has 5 heteroatoms. The monoisotopic (exact) mass is 304 g/mol. The lowest BCUT2D eigenvalue weighted by Crippen LogP contribution is -2.31. The molecular formula is C17H24N2O3. The summed E-state index contributed by atoms with van der Waals surface area (Å²) < 4.78 is 10.8. The zero-order valence-electron chi connectivity index (χ0n) is 13.3. The highest BCUT2D eigenvalue weighted by molar-refractivity contribution is 5.92. The van der Waals surface area contributed by atoms with E-state index in [0.717, 1.165) is 43.0 Å². The first-order chi connectivity index (χ1) is 10.8. The summed E-state index contributed by atoms with van der Waals surface area (Å²) in [5.74, 6) is 0.685. The minimum absolute atomic E-state index is 0.235. The van der Waals surface area contributed by atoms with Crippen LogP contribution in [0.3, 0.4) is 0 Å². The normalized spacial score (nSPS) is 18.5. The Morgan fingerprint density at radius 2 is 2.05 bits per heavy atom. The third kappa shape index (κ3) is 3.24. The number of ether oxygens (including phenoxy) is 2. The Bertz CT molecular complexity index is 539. The average molecular weight is 304 g/mol. The molecule has 1 saturated heterocycles. The summed E-state index contributed by atoms with van der Waals surface area (Å²) in [6.07, 6.45) is 5.16. The lowest BCUT2D eigenvalue weighted by Gasteiger charge is -2.29. The molecular weight excluding hydrogens is 280 g/mol. The number of nitrogens with zero attached hydrogens (tertiary/aromatic N) is 2. The van der Waals surface area contributed by atoms with E-state index in [4.69, 9.17) is 14.5 Å². The molecule has 3 heterocycles. The lowest BCUT2D eigenvalue weighted by molar-refractivity contribution is 0.0524. The van der Waals surface area contributed by atoms with E-state index in [-0.39, 0.29) is 5.97 Å². The number of carbonyl (C=O) groups excluding carboxylic acids is 1. The van der Waals surface area contributed by atoms with Crippen LogP contribution in [0.5, 0.6) is 0 Å². The van der Waals surface area contributed by atoms with Crippen LogP contribution in [0.15, 0.2) is 6.07 Å². The van der Waals surface area contributed by atoms with Crippen LogP contribution in [0.2, 0.25) is 0 Å². The van der Waals surface area contributed by atoms with Gasteiger partial charge in [-0.15, -0.1) is 0 Å². The topological polar surface area (TPSA) is 51.7 Å². The Morgan fingerprint density at radius 1 is 1.27 bits per heavy atom. The Kier molecular flexibility index (Phi) is 4.93. The molecule has 0 radical (unpaired) electrons. The molecule has 0 atom stereocenters. The van der Waals surface area contributed by atoms with Gasteiger partial charge in [0.1, 0.15) is 5.82 Å². The molecule has 0 aromatic carbocycles. The van der Waals surface area contributed by atoms with Crippen LogP contribution in [0.1, 0.15) is 47.8 Å². The summed E-state index contributed by atoms with van der Waals surface area (Å²) in [6, 6.07) is 1.92. The number of anilines is 1. The fourth-order valence-corrected chi connectivity index (χ4v) is 3.22. The molecule has 0 bridgehead atoms. The Balaban J connectivity index is 1.99. The van der Waals surface area contributed by atoms with Gasteiger partial charge in [-0.25, -0.2) is 9.78 Å². The number of piperidine rings is 1. The average Bonchev–Trinajstić information content (AvgIpc) is 2.80. The van der Waals surface area contributed by atoms with Gasteiger partial charge in [-0.2, -0.15) is 0 Å². The van der Waals surface area contributed by atoms with Gasteiger partial charge < -0.3 is 14.4 Å². The number of aromatic nitrogens is 1. The summed E-state index contributed by atoms with van der Waals surface area (Å²) in [5.41, 5.74) is 2.69. The van der Waals surface area contributed by atoms with Crippen LogP contribution in [0, 0.1) is 0 Å². The molecule has 3 rings (SSSR count). The van der Waals surface area contributed by atoms with Crippen LogP contribution in [0.4, 0.5) is 5.82 Å². The minimum Gasteiger partial charge on any atom is -0.462 e. The molecule has 22 heavy (non-hydrogen) atoms. The van der Waals surface area contributed by atoms with Crippen molar-refractivity contribution in [3.05, 3.63) is 22.9 Å². The number of rotatable bonds is 3. The molecule has 2 aliphatic heterocycles. The van der Waals surface area contributed by atoms with Gasteiger partial charge in [0.2, 0.25) is 0 Å². The Hall–Kier alpha value is -1.62. The van der Waals surface area contributed by atoms with E-state index in [2.05, 4.69) is 4.90 Å². The van der Waals surface area contributed by atoms with E-state index in [0.29, 0.717) is 25.4 Å². The van der Waals surface area contributed by atoms with Crippen molar-refractivity contribution in [2.45, 2.75) is 39.0 Å². The maximum Gasteiger partial charge on any atom is 0.338 e. The zero-order valence-corrected chi connectivity index (χ0v) is 13.3. The molecule has 1 aromatic rings. The van der Waals surface area contributed by atoms with Crippen molar-refractivity contribution < 1.29 is 14.3 Å². The second-order valence-electron chi connectivity index (χ2n) is 5.83. The van der Waals surface area contributed by atoms with Crippen molar-refractivity contribution in [2.75, 3.05) is 37.8 Å². The minimum atomic E-state index is -0.235. The number of esters is 1. The highest BCUT2D eigenvalue weighted by atomic mass is 16.5. The quantitative estimate of drug-likeness (QED) is 0.802. The molecule has 0 saturated carbocycles. The van der Waals surface area contributed by atoms with Crippen molar-refractivity contribution >= 4 is 11.8 Å². The van der Waals surface area contributed by atoms with Gasteiger partial charge in [-0.3, -0.25) is 0 Å². The SMILES string of the molecule is CCOC(=O)c1cc(N2CCCCC2)nc2c1CCOCC2. The van der Waals surface area contributed by atoms with E-state index < -0.39 is 0 Å². The Labute approximate surface area is 131 Å². The number of hydrogen-bond donors (Lipinski definition) is 0. The molecule has 2 aliphatic rings. The molecule has 120 valence electrons. The molecule has 0 unspecified atom stereocenters. The second kappa shape index (κ2) is 7.09. The van der Waals surface area contributed by atoms with E-state index in [1.165, 1.54) is 19.3 Å². The zero-order chi connectivity index (χ0) is 15.4. The van der Waals surface area contributed by atoms with Crippen molar-refractivity contribution in [1.82, 2.24) is 4.98 Å².